The summed E-state index contributed by atoms with van der Waals surface area (Å²) >= 11 is 0. The molecule has 0 spiro atoms. The molecule has 0 aromatic heterocycles. The van der Waals surface area contributed by atoms with Crippen LogP contribution >= 0.6 is 0 Å². The highest BCUT2D eigenvalue weighted by molar-refractivity contribution is 6.22. The number of hydrogen-bond donors (Lipinski definition) is 1. The number of amides is 3. The second-order valence-corrected chi connectivity index (χ2v) is 16.7. The van der Waals surface area contributed by atoms with Gasteiger partial charge in [-0.05, 0) is 108 Å². The van der Waals surface area contributed by atoms with Gasteiger partial charge in [0, 0.05) is 22.4 Å². The van der Waals surface area contributed by atoms with Gasteiger partial charge in [-0.3, -0.25) is 24.2 Å². The molecule has 2 aliphatic rings. The van der Waals surface area contributed by atoms with Crippen LogP contribution in [0.2, 0.25) is 0 Å². The number of nitrogens with zero attached hydrogens (tertiary/aromatic N) is 2. The maximum atomic E-state index is 15.4. The second kappa shape index (κ2) is 15.9. The summed E-state index contributed by atoms with van der Waals surface area (Å²) in [5.74, 6) is -3.39. The molecular formula is C46H42F12N2O4. The number of halogens is 12. The first-order chi connectivity index (χ1) is 29.5. The molecule has 2 unspecified atom stereocenters. The van der Waals surface area contributed by atoms with E-state index in [0.717, 1.165) is 23.1 Å². The third-order valence-electron chi connectivity index (χ3n) is 13.2. The van der Waals surface area contributed by atoms with Crippen LogP contribution in [-0.2, 0) is 23.2 Å². The van der Waals surface area contributed by atoms with Gasteiger partial charge in [0.25, 0.3) is 17.7 Å². The fourth-order valence-electron chi connectivity index (χ4n) is 8.97. The van der Waals surface area contributed by atoms with Crippen LogP contribution in [0.1, 0.15) is 144 Å². The molecule has 0 radical (unpaired) electrons. The molecule has 0 saturated heterocycles. The number of anilines is 1. The number of carbonyl (C=O) groups excluding carboxylic acids is 3. The Bertz CT molecular complexity index is 2510. The molecule has 6 nitrogen and oxygen atoms in total. The Labute approximate surface area is 359 Å². The van der Waals surface area contributed by atoms with E-state index < -0.39 is 126 Å². The Hall–Kier alpha value is -5.39. The van der Waals surface area contributed by atoms with Gasteiger partial charge in [0.1, 0.15) is 0 Å². The first kappa shape index (κ1) is 48.1. The molecule has 4 aromatic rings. The first-order valence-electron chi connectivity index (χ1n) is 20.2. The third-order valence-corrected chi connectivity index (χ3v) is 13.2. The topological polar surface area (TPSA) is 77.9 Å². The molecule has 6 rings (SSSR count). The van der Waals surface area contributed by atoms with Crippen LogP contribution in [0.15, 0.2) is 72.8 Å². The number of rotatable bonds is 11. The van der Waals surface area contributed by atoms with E-state index in [1.165, 1.54) is 6.07 Å². The Balaban J connectivity index is 1.48. The molecule has 1 N–H and O–H groups in total. The first-order valence-corrected chi connectivity index (χ1v) is 20.2. The van der Waals surface area contributed by atoms with Crippen molar-refractivity contribution in [3.8, 4) is 11.1 Å². The summed E-state index contributed by atoms with van der Waals surface area (Å²) < 4.78 is 180. The van der Waals surface area contributed by atoms with Crippen molar-refractivity contribution in [2.75, 3.05) is 4.90 Å². The van der Waals surface area contributed by atoms with Gasteiger partial charge >= 0.3 is 24.7 Å². The maximum absolute atomic E-state index is 15.4. The van der Waals surface area contributed by atoms with Crippen molar-refractivity contribution in [1.82, 2.24) is 4.90 Å². The summed E-state index contributed by atoms with van der Waals surface area (Å²) in [4.78, 5) is 41.9. The number of benzene rings is 4. The van der Waals surface area contributed by atoms with Gasteiger partial charge in [-0.15, -0.1) is 0 Å². The van der Waals surface area contributed by atoms with E-state index >= 15 is 26.3 Å². The normalized spacial score (nSPS) is 17.3. The maximum Gasteiger partial charge on any atom is 0.417 e. The van der Waals surface area contributed by atoms with E-state index in [9.17, 15) is 45.8 Å². The van der Waals surface area contributed by atoms with E-state index in [2.05, 4.69) is 0 Å². The Kier molecular flexibility index (Phi) is 12.0. The van der Waals surface area contributed by atoms with Crippen molar-refractivity contribution < 1.29 is 72.2 Å². The summed E-state index contributed by atoms with van der Waals surface area (Å²) in [6, 6.07) is 7.09. The monoisotopic (exact) mass is 914 g/mol. The highest BCUT2D eigenvalue weighted by Crippen LogP contribution is 2.58. The summed E-state index contributed by atoms with van der Waals surface area (Å²) in [7, 11) is 0. The van der Waals surface area contributed by atoms with Crippen molar-refractivity contribution in [2.45, 2.75) is 121 Å². The van der Waals surface area contributed by atoms with Gasteiger partial charge < -0.3 is 5.11 Å². The number of hydrogen-bond acceptors (Lipinski definition) is 4. The highest BCUT2D eigenvalue weighted by atomic mass is 19.4. The van der Waals surface area contributed by atoms with Crippen LogP contribution in [0, 0.1) is 0 Å². The van der Waals surface area contributed by atoms with Crippen molar-refractivity contribution in [2.24, 2.45) is 0 Å². The van der Waals surface area contributed by atoms with E-state index in [-0.39, 0.29) is 35.4 Å². The number of aliphatic hydroxyl groups is 1. The number of carbonyl (C=O) groups is 3. The molecule has 0 fully saturated rings. The standard InChI is InChI=1S/C46H42F12N2O4/c1-7-19-41(6,10-4)60-38(63)31-17-13-26(21-33(31)39(60)64)42(45(53,54)55,46(56,57)58)25-12-16-30-32(20-25)37(62)59(36(30)61)27-14-18-29(35(23-27)44(50,51)52)28-15-11-24(40(5,8-2)9-3)22-34(28)43(47,48)49/h11-18,20-23,37,62H,7-10,19H2,1-6H3. The predicted octanol–water partition coefficient (Wildman–Crippen LogP) is 13.1. The second-order valence-electron chi connectivity index (χ2n) is 16.7. The SMILES string of the molecule is CCCC(C)(CC)N1C(=O)c2ccc(C(c3ccc4c(c3)C(O)N(c3ccc(-c5ccc(C(C)(CC)CC)cc5C(F)(F)F)c(C(F)(F)F)c3)C4=O)(C(F)(F)F)C(F)(F)F)cc2C1=O. The minimum atomic E-state index is -6.26. The van der Waals surface area contributed by atoms with E-state index in [0.29, 0.717) is 55.7 Å². The van der Waals surface area contributed by atoms with Crippen LogP contribution in [0.25, 0.3) is 11.1 Å². The quantitative estimate of drug-likeness (QED) is 0.120. The third kappa shape index (κ3) is 7.42. The van der Waals surface area contributed by atoms with E-state index in [1.54, 1.807) is 41.5 Å². The lowest BCUT2D eigenvalue weighted by Crippen LogP contribution is -2.55. The van der Waals surface area contributed by atoms with Crippen molar-refractivity contribution in [1.29, 1.82) is 0 Å². The van der Waals surface area contributed by atoms with Crippen LogP contribution in [0.4, 0.5) is 58.4 Å². The zero-order valence-corrected chi connectivity index (χ0v) is 35.1. The molecule has 344 valence electrons. The zero-order chi connectivity index (χ0) is 47.9. The Morgan fingerprint density at radius 1 is 0.531 bits per heavy atom. The molecule has 64 heavy (non-hydrogen) atoms. The average molecular weight is 915 g/mol. The largest absolute Gasteiger partial charge is 0.417 e. The molecule has 0 bridgehead atoms. The molecule has 18 heteroatoms. The number of imide groups is 1. The summed E-state index contributed by atoms with van der Waals surface area (Å²) in [5, 5.41) is 11.4. The number of alkyl halides is 12. The average Bonchev–Trinajstić information content (AvgIpc) is 3.61. The van der Waals surface area contributed by atoms with Crippen LogP contribution < -0.4 is 4.90 Å². The van der Waals surface area contributed by atoms with E-state index in [1.807, 2.05) is 0 Å². The van der Waals surface area contributed by atoms with Gasteiger partial charge in [0.2, 0.25) is 5.41 Å². The molecule has 2 heterocycles. The number of aliphatic hydroxyl groups excluding tert-OH is 1. The van der Waals surface area contributed by atoms with Gasteiger partial charge in [0.15, 0.2) is 6.23 Å². The van der Waals surface area contributed by atoms with Crippen molar-refractivity contribution in [3.63, 3.8) is 0 Å². The predicted molar refractivity (Wildman–Crippen MR) is 211 cm³/mol. The van der Waals surface area contributed by atoms with Gasteiger partial charge in [-0.2, -0.15) is 52.7 Å². The Morgan fingerprint density at radius 3 is 1.50 bits per heavy atom. The molecular weight excluding hydrogens is 872 g/mol. The minimum Gasteiger partial charge on any atom is -0.369 e. The van der Waals surface area contributed by atoms with Crippen LogP contribution in [0.5, 0.6) is 0 Å². The van der Waals surface area contributed by atoms with Crippen molar-refractivity contribution >= 4 is 23.4 Å². The van der Waals surface area contributed by atoms with Gasteiger partial charge in [0.05, 0.1) is 22.3 Å². The lowest BCUT2D eigenvalue weighted by atomic mass is 9.71. The van der Waals surface area contributed by atoms with Gasteiger partial charge in [-0.1, -0.05) is 71.4 Å². The fourth-order valence-corrected chi connectivity index (χ4v) is 8.97. The Morgan fingerprint density at radius 2 is 1.00 bits per heavy atom. The smallest absolute Gasteiger partial charge is 0.369 e. The molecule has 0 saturated carbocycles. The van der Waals surface area contributed by atoms with Crippen molar-refractivity contribution in [3.05, 3.63) is 123 Å². The number of fused-ring (bicyclic) bond motifs is 2. The van der Waals surface area contributed by atoms with E-state index in [4.69, 9.17) is 0 Å². The molecule has 2 aliphatic heterocycles. The molecule has 0 aliphatic carbocycles. The van der Waals surface area contributed by atoms with Gasteiger partial charge in [-0.25, -0.2) is 0 Å². The molecule has 4 aromatic carbocycles. The molecule has 2 atom stereocenters. The highest BCUT2D eigenvalue weighted by Gasteiger charge is 2.73. The summed E-state index contributed by atoms with van der Waals surface area (Å²) in [6.45, 7) is 10.2. The summed E-state index contributed by atoms with van der Waals surface area (Å²) in [6.07, 6.45) is -23.8. The zero-order valence-electron chi connectivity index (χ0n) is 35.1. The lowest BCUT2D eigenvalue weighted by Gasteiger charge is -2.38. The summed E-state index contributed by atoms with van der Waals surface area (Å²) in [5.41, 5.74) is -18.2. The molecule has 3 amide bonds. The lowest BCUT2D eigenvalue weighted by molar-refractivity contribution is -0.288. The minimum absolute atomic E-state index is 0.216. The van der Waals surface area contributed by atoms with Crippen LogP contribution in [0.3, 0.4) is 0 Å². The fraction of sp³-hybridized carbons (Fsp3) is 0.413. The van der Waals surface area contributed by atoms with Crippen LogP contribution in [-0.4, -0.2) is 45.6 Å².